The average Bonchev–Trinajstić information content (AvgIpc) is 2.72. The summed E-state index contributed by atoms with van der Waals surface area (Å²) in [5.41, 5.74) is 2.77. The maximum Gasteiger partial charge on any atom is 0.161 e. The summed E-state index contributed by atoms with van der Waals surface area (Å²) in [4.78, 5) is 2.63. The van der Waals surface area contributed by atoms with Crippen molar-refractivity contribution in [2.45, 2.75) is 51.8 Å². The summed E-state index contributed by atoms with van der Waals surface area (Å²) >= 11 is 0. The van der Waals surface area contributed by atoms with Gasteiger partial charge in [-0.3, -0.25) is 4.90 Å². The minimum atomic E-state index is 0.279. The van der Waals surface area contributed by atoms with E-state index in [9.17, 15) is 0 Å². The molecule has 1 aliphatic rings. The highest BCUT2D eigenvalue weighted by Crippen LogP contribution is 2.39. The van der Waals surface area contributed by atoms with Crippen LogP contribution in [0.2, 0.25) is 0 Å². The Morgan fingerprint density at radius 1 is 0.966 bits per heavy atom. The Kier molecular flexibility index (Phi) is 7.57. The molecule has 1 fully saturated rings. The lowest BCUT2D eigenvalue weighted by Crippen LogP contribution is -2.52. The third kappa shape index (κ3) is 5.74. The van der Waals surface area contributed by atoms with Crippen LogP contribution in [0.15, 0.2) is 48.5 Å². The summed E-state index contributed by atoms with van der Waals surface area (Å²) in [7, 11) is 3.37. The molecule has 0 saturated heterocycles. The van der Waals surface area contributed by atoms with Gasteiger partial charge in [-0.1, -0.05) is 43.3 Å². The number of hydrogen-bond donors (Lipinski definition) is 0. The van der Waals surface area contributed by atoms with Crippen molar-refractivity contribution in [1.82, 2.24) is 4.90 Å². The molecule has 29 heavy (non-hydrogen) atoms. The van der Waals surface area contributed by atoms with Crippen LogP contribution in [0.5, 0.6) is 11.5 Å². The number of benzene rings is 2. The van der Waals surface area contributed by atoms with Gasteiger partial charge in [0.15, 0.2) is 11.5 Å². The molecule has 4 heteroatoms. The van der Waals surface area contributed by atoms with Crippen molar-refractivity contribution in [3.63, 3.8) is 0 Å². The van der Waals surface area contributed by atoms with Crippen LogP contribution in [0.25, 0.3) is 0 Å². The summed E-state index contributed by atoms with van der Waals surface area (Å²) < 4.78 is 16.9. The quantitative estimate of drug-likeness (QED) is 0.515. The predicted molar refractivity (Wildman–Crippen MR) is 117 cm³/mol. The van der Waals surface area contributed by atoms with E-state index in [-0.39, 0.29) is 5.54 Å². The molecule has 4 nitrogen and oxygen atoms in total. The van der Waals surface area contributed by atoms with Crippen molar-refractivity contribution in [3.05, 3.63) is 59.7 Å². The van der Waals surface area contributed by atoms with Gasteiger partial charge in [0.25, 0.3) is 0 Å². The molecule has 0 heterocycles. The van der Waals surface area contributed by atoms with Crippen LogP contribution in [-0.2, 0) is 17.9 Å². The Morgan fingerprint density at radius 3 is 2.31 bits per heavy atom. The molecule has 0 bridgehead atoms. The van der Waals surface area contributed by atoms with Crippen LogP contribution in [0.1, 0.15) is 44.2 Å². The molecule has 0 amide bonds. The van der Waals surface area contributed by atoms with Gasteiger partial charge in [0, 0.05) is 18.6 Å². The molecular formula is C25H35NO3. The molecule has 0 aromatic heterocycles. The fraction of sp³-hybridized carbons (Fsp3) is 0.520. The van der Waals surface area contributed by atoms with E-state index in [1.807, 2.05) is 12.1 Å². The normalized spacial score (nSPS) is 16.3. The highest BCUT2D eigenvalue weighted by molar-refractivity contribution is 5.42. The Hall–Kier alpha value is -2.04. The summed E-state index contributed by atoms with van der Waals surface area (Å²) in [6.45, 7) is 8.08. The van der Waals surface area contributed by atoms with Crippen molar-refractivity contribution < 1.29 is 14.2 Å². The lowest BCUT2D eigenvalue weighted by Gasteiger charge is -2.49. The van der Waals surface area contributed by atoms with Gasteiger partial charge in [-0.05, 0) is 55.4 Å². The highest BCUT2D eigenvalue weighted by atomic mass is 16.5. The molecule has 2 aromatic rings. The van der Waals surface area contributed by atoms with Crippen LogP contribution in [-0.4, -0.2) is 37.8 Å². The highest BCUT2D eigenvalue weighted by Gasteiger charge is 2.38. The van der Waals surface area contributed by atoms with Gasteiger partial charge < -0.3 is 14.2 Å². The van der Waals surface area contributed by atoms with Crippen molar-refractivity contribution in [3.8, 4) is 11.5 Å². The van der Waals surface area contributed by atoms with Crippen LogP contribution < -0.4 is 9.47 Å². The lowest BCUT2D eigenvalue weighted by atomic mass is 9.76. The van der Waals surface area contributed by atoms with E-state index in [2.05, 4.69) is 55.1 Å². The SMILES string of the molecule is COc1ccc(CN(C[C@@H](C)COCc2ccccc2)C2(C)CCC2)cc1OC. The van der Waals surface area contributed by atoms with Crippen molar-refractivity contribution in [1.29, 1.82) is 0 Å². The zero-order chi connectivity index (χ0) is 20.7. The maximum atomic E-state index is 6.00. The smallest absolute Gasteiger partial charge is 0.161 e. The Balaban J connectivity index is 1.60. The molecular weight excluding hydrogens is 362 g/mol. The van der Waals surface area contributed by atoms with Crippen molar-refractivity contribution in [2.75, 3.05) is 27.4 Å². The Morgan fingerprint density at radius 2 is 1.69 bits per heavy atom. The first-order valence-corrected chi connectivity index (χ1v) is 10.6. The second-order valence-electron chi connectivity index (χ2n) is 8.53. The molecule has 0 radical (unpaired) electrons. The number of rotatable bonds is 11. The second-order valence-corrected chi connectivity index (χ2v) is 8.53. The maximum absolute atomic E-state index is 6.00. The van der Waals surface area contributed by atoms with E-state index in [0.29, 0.717) is 12.5 Å². The van der Waals surface area contributed by atoms with Gasteiger partial charge in [0.1, 0.15) is 0 Å². The minimum Gasteiger partial charge on any atom is -0.493 e. The number of hydrogen-bond acceptors (Lipinski definition) is 4. The summed E-state index contributed by atoms with van der Waals surface area (Å²) in [6.07, 6.45) is 3.84. The molecule has 1 aliphatic carbocycles. The lowest BCUT2D eigenvalue weighted by molar-refractivity contribution is -0.00265. The molecule has 1 saturated carbocycles. The first kappa shape index (κ1) is 21.7. The third-order valence-electron chi connectivity index (χ3n) is 6.06. The molecule has 2 aromatic carbocycles. The van der Waals surface area contributed by atoms with E-state index in [0.717, 1.165) is 31.2 Å². The van der Waals surface area contributed by atoms with Crippen LogP contribution in [0.3, 0.4) is 0 Å². The fourth-order valence-electron chi connectivity index (χ4n) is 4.06. The Labute approximate surface area is 175 Å². The first-order valence-electron chi connectivity index (χ1n) is 10.6. The molecule has 1 atom stereocenters. The van der Waals surface area contributed by atoms with Gasteiger partial charge in [-0.15, -0.1) is 0 Å². The van der Waals surface area contributed by atoms with Gasteiger partial charge in [-0.25, -0.2) is 0 Å². The number of methoxy groups -OCH3 is 2. The third-order valence-corrected chi connectivity index (χ3v) is 6.06. The second kappa shape index (κ2) is 10.1. The molecule has 0 N–H and O–H groups in total. The van der Waals surface area contributed by atoms with Crippen molar-refractivity contribution in [2.24, 2.45) is 5.92 Å². The van der Waals surface area contributed by atoms with Gasteiger partial charge in [0.2, 0.25) is 0 Å². The van der Waals surface area contributed by atoms with Crippen LogP contribution in [0, 0.1) is 5.92 Å². The number of ether oxygens (including phenoxy) is 3. The van der Waals surface area contributed by atoms with Crippen molar-refractivity contribution >= 4 is 0 Å². The van der Waals surface area contributed by atoms with E-state index in [1.54, 1.807) is 14.2 Å². The largest absolute Gasteiger partial charge is 0.493 e. The molecule has 0 aliphatic heterocycles. The topological polar surface area (TPSA) is 30.9 Å². The van der Waals surface area contributed by atoms with Gasteiger partial charge in [-0.2, -0.15) is 0 Å². The fourth-order valence-corrected chi connectivity index (χ4v) is 4.06. The predicted octanol–water partition coefficient (Wildman–Crippen LogP) is 5.30. The molecule has 0 spiro atoms. The van der Waals surface area contributed by atoms with E-state index in [4.69, 9.17) is 14.2 Å². The summed E-state index contributed by atoms with van der Waals surface area (Å²) in [5.74, 6) is 2.04. The van der Waals surface area contributed by atoms with Crippen LogP contribution >= 0.6 is 0 Å². The minimum absolute atomic E-state index is 0.279. The monoisotopic (exact) mass is 397 g/mol. The summed E-state index contributed by atoms with van der Waals surface area (Å²) in [6, 6.07) is 16.6. The zero-order valence-corrected chi connectivity index (χ0v) is 18.3. The zero-order valence-electron chi connectivity index (χ0n) is 18.3. The standard InChI is InChI=1S/C25H35NO3/c1-20(18-29-19-21-9-6-5-7-10-21)16-26(25(2)13-8-14-25)17-22-11-12-23(27-3)24(15-22)28-4/h5-7,9-12,15,20H,8,13-14,16-19H2,1-4H3/t20-/m1/s1. The first-order chi connectivity index (χ1) is 14.0. The molecule has 158 valence electrons. The average molecular weight is 398 g/mol. The van der Waals surface area contributed by atoms with Crippen LogP contribution in [0.4, 0.5) is 0 Å². The molecule has 0 unspecified atom stereocenters. The van der Waals surface area contributed by atoms with E-state index >= 15 is 0 Å². The molecule has 3 rings (SSSR count). The van der Waals surface area contributed by atoms with Gasteiger partial charge in [0.05, 0.1) is 27.4 Å². The van der Waals surface area contributed by atoms with Gasteiger partial charge >= 0.3 is 0 Å². The summed E-state index contributed by atoms with van der Waals surface area (Å²) in [5, 5.41) is 0. The number of nitrogens with zero attached hydrogens (tertiary/aromatic N) is 1. The Bertz CT molecular complexity index is 758. The van der Waals surface area contributed by atoms with E-state index < -0.39 is 0 Å². The van der Waals surface area contributed by atoms with E-state index in [1.165, 1.54) is 30.4 Å².